The predicted octanol–water partition coefficient (Wildman–Crippen LogP) is 2.77. The van der Waals surface area contributed by atoms with E-state index in [0.29, 0.717) is 6.42 Å². The maximum absolute atomic E-state index is 10.9. The van der Waals surface area contributed by atoms with E-state index in [1.54, 1.807) is 7.11 Å². The van der Waals surface area contributed by atoms with Crippen LogP contribution in [0.1, 0.15) is 37.3 Å². The summed E-state index contributed by atoms with van der Waals surface area (Å²) in [5, 5.41) is 20.2. The van der Waals surface area contributed by atoms with E-state index in [-0.39, 0.29) is 5.92 Å². The maximum atomic E-state index is 10.9. The maximum Gasteiger partial charge on any atom is 0.119 e. The number of fused-ring (bicyclic) bond motifs is 1. The van der Waals surface area contributed by atoms with E-state index in [1.165, 1.54) is 0 Å². The van der Waals surface area contributed by atoms with Gasteiger partial charge in [-0.2, -0.15) is 5.26 Å². The van der Waals surface area contributed by atoms with E-state index in [1.807, 2.05) is 25.1 Å². The van der Waals surface area contributed by atoms with Crippen LogP contribution in [-0.2, 0) is 12.0 Å². The zero-order valence-electron chi connectivity index (χ0n) is 10.9. The van der Waals surface area contributed by atoms with Crippen molar-refractivity contribution in [3.63, 3.8) is 0 Å². The van der Waals surface area contributed by atoms with Crippen molar-refractivity contribution in [3.8, 4) is 11.8 Å². The molecule has 96 valence electrons. The van der Waals surface area contributed by atoms with Gasteiger partial charge >= 0.3 is 0 Å². The number of nitrogens with zero attached hydrogens (tertiary/aromatic N) is 1. The number of aryl methyl sites for hydroxylation is 1. The molecule has 1 N–H and O–H groups in total. The first-order chi connectivity index (χ1) is 8.65. The molecule has 0 heterocycles. The fraction of sp³-hybridized carbons (Fsp3) is 0.533. The van der Waals surface area contributed by atoms with Crippen molar-refractivity contribution >= 4 is 0 Å². The largest absolute Gasteiger partial charge is 0.497 e. The average Bonchev–Trinajstić information content (AvgIpc) is 2.74. The Balaban J connectivity index is 2.42. The molecule has 0 radical (unpaired) electrons. The van der Waals surface area contributed by atoms with Crippen LogP contribution >= 0.6 is 0 Å². The van der Waals surface area contributed by atoms with E-state index >= 15 is 0 Å². The normalized spacial score (nSPS) is 23.2. The summed E-state index contributed by atoms with van der Waals surface area (Å²) in [6, 6.07) is 8.05. The molecule has 0 bridgehead atoms. The van der Waals surface area contributed by atoms with E-state index in [2.05, 4.69) is 6.07 Å². The Bertz CT molecular complexity index is 478. The van der Waals surface area contributed by atoms with Gasteiger partial charge in [0, 0.05) is 0 Å². The summed E-state index contributed by atoms with van der Waals surface area (Å²) in [5.74, 6) is 0.401. The van der Waals surface area contributed by atoms with Gasteiger partial charge in [0.2, 0.25) is 0 Å². The Morgan fingerprint density at radius 2 is 2.33 bits per heavy atom. The smallest absolute Gasteiger partial charge is 0.119 e. The van der Waals surface area contributed by atoms with Crippen LogP contribution in [0.25, 0.3) is 0 Å². The Hall–Kier alpha value is -1.53. The van der Waals surface area contributed by atoms with Gasteiger partial charge in [0.15, 0.2) is 0 Å². The van der Waals surface area contributed by atoms with E-state index in [0.717, 1.165) is 36.1 Å². The third kappa shape index (κ3) is 1.97. The van der Waals surface area contributed by atoms with Gasteiger partial charge in [0.05, 0.1) is 19.1 Å². The Kier molecular flexibility index (Phi) is 3.58. The van der Waals surface area contributed by atoms with Gasteiger partial charge in [-0.05, 0) is 42.5 Å². The second-order valence-electron chi connectivity index (χ2n) is 4.92. The van der Waals surface area contributed by atoms with Crippen molar-refractivity contribution in [2.45, 2.75) is 38.2 Å². The van der Waals surface area contributed by atoms with Crippen LogP contribution in [0, 0.1) is 17.2 Å². The van der Waals surface area contributed by atoms with E-state index < -0.39 is 5.60 Å². The lowest BCUT2D eigenvalue weighted by Crippen LogP contribution is -2.32. The van der Waals surface area contributed by atoms with Gasteiger partial charge in [-0.1, -0.05) is 19.4 Å². The molecule has 3 nitrogen and oxygen atoms in total. The second kappa shape index (κ2) is 4.99. The molecule has 0 fully saturated rings. The molecule has 0 amide bonds. The summed E-state index contributed by atoms with van der Waals surface area (Å²) in [7, 11) is 1.61. The van der Waals surface area contributed by atoms with Crippen LogP contribution < -0.4 is 4.74 Å². The standard InChI is InChI=1S/C15H19NO2/c1-3-4-12(10-16)15(17)8-7-11-5-6-13(18-2)9-14(11)15/h5-6,9,12,17H,3-4,7-8H2,1-2H3. The van der Waals surface area contributed by atoms with Crippen molar-refractivity contribution in [3.05, 3.63) is 29.3 Å². The molecular weight excluding hydrogens is 226 g/mol. The molecule has 0 saturated heterocycles. The van der Waals surface area contributed by atoms with Crippen molar-refractivity contribution in [2.24, 2.45) is 5.92 Å². The summed E-state index contributed by atoms with van der Waals surface area (Å²) in [4.78, 5) is 0. The fourth-order valence-corrected chi connectivity index (χ4v) is 2.82. The highest BCUT2D eigenvalue weighted by Gasteiger charge is 2.43. The molecule has 0 aliphatic heterocycles. The van der Waals surface area contributed by atoms with Crippen LogP contribution in [0.3, 0.4) is 0 Å². The van der Waals surface area contributed by atoms with Crippen LogP contribution in [0.15, 0.2) is 18.2 Å². The highest BCUT2D eigenvalue weighted by Crippen LogP contribution is 2.44. The molecular formula is C15H19NO2. The second-order valence-corrected chi connectivity index (χ2v) is 4.92. The SMILES string of the molecule is CCCC(C#N)C1(O)CCc2ccc(OC)cc21. The topological polar surface area (TPSA) is 53.2 Å². The van der Waals surface area contributed by atoms with Crippen LogP contribution in [0.4, 0.5) is 0 Å². The minimum absolute atomic E-state index is 0.337. The van der Waals surface area contributed by atoms with Gasteiger partial charge in [0.1, 0.15) is 11.4 Å². The van der Waals surface area contributed by atoms with Gasteiger partial charge in [0.25, 0.3) is 0 Å². The van der Waals surface area contributed by atoms with Crippen LogP contribution in [0.2, 0.25) is 0 Å². The molecule has 1 aliphatic carbocycles. The Labute approximate surface area is 108 Å². The molecule has 1 aromatic carbocycles. The summed E-state index contributed by atoms with van der Waals surface area (Å²) in [6.07, 6.45) is 3.09. The fourth-order valence-electron chi connectivity index (χ4n) is 2.82. The van der Waals surface area contributed by atoms with Crippen LogP contribution in [-0.4, -0.2) is 12.2 Å². The molecule has 0 saturated carbocycles. The van der Waals surface area contributed by atoms with Crippen molar-refractivity contribution in [2.75, 3.05) is 7.11 Å². The monoisotopic (exact) mass is 245 g/mol. The molecule has 1 aliphatic rings. The molecule has 2 atom stereocenters. The minimum atomic E-state index is -1.01. The summed E-state index contributed by atoms with van der Waals surface area (Å²) in [5.41, 5.74) is 1.01. The number of methoxy groups -OCH3 is 1. The molecule has 0 aromatic heterocycles. The van der Waals surface area contributed by atoms with Gasteiger partial charge in [-0.3, -0.25) is 0 Å². The first-order valence-electron chi connectivity index (χ1n) is 6.45. The number of aliphatic hydroxyl groups is 1. The first kappa shape index (κ1) is 12.9. The third-order valence-electron chi connectivity index (χ3n) is 3.87. The van der Waals surface area contributed by atoms with Crippen LogP contribution in [0.5, 0.6) is 5.75 Å². The number of hydrogen-bond donors (Lipinski definition) is 1. The number of rotatable bonds is 4. The molecule has 3 heteroatoms. The molecule has 2 rings (SSSR count). The van der Waals surface area contributed by atoms with E-state index in [9.17, 15) is 10.4 Å². The molecule has 18 heavy (non-hydrogen) atoms. The number of benzene rings is 1. The van der Waals surface area contributed by atoms with Crippen molar-refractivity contribution < 1.29 is 9.84 Å². The Morgan fingerprint density at radius 3 is 2.94 bits per heavy atom. The first-order valence-corrected chi connectivity index (χ1v) is 6.45. The average molecular weight is 245 g/mol. The highest BCUT2D eigenvalue weighted by molar-refractivity contribution is 5.44. The third-order valence-corrected chi connectivity index (χ3v) is 3.87. The number of ether oxygens (including phenoxy) is 1. The quantitative estimate of drug-likeness (QED) is 0.887. The lowest BCUT2D eigenvalue weighted by atomic mass is 9.80. The number of hydrogen-bond acceptors (Lipinski definition) is 3. The molecule has 0 spiro atoms. The lowest BCUT2D eigenvalue weighted by Gasteiger charge is -2.29. The van der Waals surface area contributed by atoms with Gasteiger partial charge in [-0.15, -0.1) is 0 Å². The zero-order valence-corrected chi connectivity index (χ0v) is 10.9. The van der Waals surface area contributed by atoms with Gasteiger partial charge in [-0.25, -0.2) is 0 Å². The highest BCUT2D eigenvalue weighted by atomic mass is 16.5. The van der Waals surface area contributed by atoms with Crippen molar-refractivity contribution in [1.82, 2.24) is 0 Å². The molecule has 2 unspecified atom stereocenters. The summed E-state index contributed by atoms with van der Waals surface area (Å²) < 4.78 is 5.21. The molecule has 1 aromatic rings. The lowest BCUT2D eigenvalue weighted by molar-refractivity contribution is -0.00430. The van der Waals surface area contributed by atoms with Gasteiger partial charge < -0.3 is 9.84 Å². The summed E-state index contributed by atoms with van der Waals surface area (Å²) in [6.45, 7) is 2.04. The van der Waals surface area contributed by atoms with Crippen molar-refractivity contribution in [1.29, 1.82) is 5.26 Å². The minimum Gasteiger partial charge on any atom is -0.497 e. The summed E-state index contributed by atoms with van der Waals surface area (Å²) >= 11 is 0. The number of nitriles is 1. The zero-order chi connectivity index (χ0) is 13.2. The van der Waals surface area contributed by atoms with E-state index in [4.69, 9.17) is 4.74 Å². The predicted molar refractivity (Wildman–Crippen MR) is 69.2 cm³/mol. The Morgan fingerprint density at radius 1 is 1.56 bits per heavy atom.